The fraction of sp³-hybridized carbons (Fsp3) is 0.333. The molecule has 1 unspecified atom stereocenters. The van der Waals surface area contributed by atoms with Gasteiger partial charge in [-0.05, 0) is 32.0 Å². The number of hydrogen-bond donors (Lipinski definition) is 3. The summed E-state index contributed by atoms with van der Waals surface area (Å²) < 4.78 is 5.13. The van der Waals surface area contributed by atoms with Gasteiger partial charge < -0.3 is 15.4 Å². The highest BCUT2D eigenvalue weighted by Crippen LogP contribution is 2.26. The van der Waals surface area contributed by atoms with E-state index in [1.807, 2.05) is 0 Å². The smallest absolute Gasteiger partial charge is 0.329 e. The van der Waals surface area contributed by atoms with E-state index in [4.69, 9.17) is 4.74 Å². The van der Waals surface area contributed by atoms with Crippen LogP contribution in [0.3, 0.4) is 0 Å². The minimum Gasteiger partial charge on any atom is -0.458 e. The van der Waals surface area contributed by atoms with Gasteiger partial charge >= 0.3 is 12.0 Å². The zero-order valence-electron chi connectivity index (χ0n) is 12.6. The van der Waals surface area contributed by atoms with Gasteiger partial charge in [-0.3, -0.25) is 14.9 Å². The third kappa shape index (κ3) is 2.87. The number of carbonyl (C=O) groups is 4. The van der Waals surface area contributed by atoms with Crippen LogP contribution < -0.4 is 16.0 Å². The van der Waals surface area contributed by atoms with Crippen LogP contribution in [-0.2, 0) is 9.53 Å². The fourth-order valence-corrected chi connectivity index (χ4v) is 2.64. The third-order valence-electron chi connectivity index (χ3n) is 3.66. The number of imide groups is 1. The number of anilines is 1. The molecular formula is C15H15N3O5. The number of esters is 1. The number of benzene rings is 1. The minimum absolute atomic E-state index is 0.203. The summed E-state index contributed by atoms with van der Waals surface area (Å²) in [5.41, 5.74) is 0.203. The molecule has 3 N–H and O–H groups in total. The molecule has 1 atom stereocenters. The molecule has 0 saturated carbocycles. The summed E-state index contributed by atoms with van der Waals surface area (Å²) in [5.74, 6) is -1.45. The molecule has 4 amide bonds. The second-order valence-corrected chi connectivity index (χ2v) is 6.08. The summed E-state index contributed by atoms with van der Waals surface area (Å²) in [5, 5.41) is 7.23. The van der Waals surface area contributed by atoms with Crippen LogP contribution in [0.15, 0.2) is 18.2 Å². The van der Waals surface area contributed by atoms with Crippen LogP contribution in [0.1, 0.15) is 41.0 Å². The van der Waals surface area contributed by atoms with Gasteiger partial charge in [-0.25, -0.2) is 9.59 Å². The van der Waals surface area contributed by atoms with Crippen molar-refractivity contribution in [3.63, 3.8) is 0 Å². The molecule has 120 valence electrons. The van der Waals surface area contributed by atoms with Gasteiger partial charge in [0.05, 0.1) is 11.1 Å². The van der Waals surface area contributed by atoms with E-state index in [0.717, 1.165) is 0 Å². The first-order valence-corrected chi connectivity index (χ1v) is 7.05. The predicted molar refractivity (Wildman–Crippen MR) is 79.0 cm³/mol. The van der Waals surface area contributed by atoms with Crippen LogP contribution in [0.25, 0.3) is 0 Å². The van der Waals surface area contributed by atoms with Crippen molar-refractivity contribution in [2.24, 2.45) is 0 Å². The van der Waals surface area contributed by atoms with Crippen molar-refractivity contribution < 1.29 is 23.9 Å². The van der Waals surface area contributed by atoms with Crippen molar-refractivity contribution in [1.29, 1.82) is 0 Å². The second kappa shape index (κ2) is 5.08. The van der Waals surface area contributed by atoms with E-state index in [-0.39, 0.29) is 11.1 Å². The summed E-state index contributed by atoms with van der Waals surface area (Å²) in [4.78, 5) is 46.7. The van der Waals surface area contributed by atoms with Gasteiger partial charge in [-0.1, -0.05) is 0 Å². The highest BCUT2D eigenvalue weighted by Gasteiger charge is 2.40. The fourth-order valence-electron chi connectivity index (χ4n) is 2.64. The summed E-state index contributed by atoms with van der Waals surface area (Å²) in [6.45, 7) is 3.53. The van der Waals surface area contributed by atoms with Crippen molar-refractivity contribution in [3.05, 3.63) is 29.3 Å². The zero-order chi connectivity index (χ0) is 16.8. The van der Waals surface area contributed by atoms with Crippen molar-refractivity contribution >= 4 is 29.5 Å². The lowest BCUT2D eigenvalue weighted by Gasteiger charge is -2.14. The first kappa shape index (κ1) is 15.0. The van der Waals surface area contributed by atoms with E-state index in [1.54, 1.807) is 13.8 Å². The average molecular weight is 317 g/mol. The lowest BCUT2D eigenvalue weighted by atomic mass is 10.0. The van der Waals surface area contributed by atoms with Crippen LogP contribution in [-0.4, -0.2) is 35.5 Å². The molecular weight excluding hydrogens is 302 g/mol. The Bertz CT molecular complexity index is 741. The number of rotatable bonds is 2. The van der Waals surface area contributed by atoms with E-state index < -0.39 is 35.5 Å². The number of nitrogens with one attached hydrogen (secondary N) is 3. The lowest BCUT2D eigenvalue weighted by Crippen LogP contribution is -2.40. The van der Waals surface area contributed by atoms with Crippen LogP contribution in [0.4, 0.5) is 10.5 Å². The molecule has 1 fully saturated rings. The monoisotopic (exact) mass is 317 g/mol. The maximum atomic E-state index is 12.0. The van der Waals surface area contributed by atoms with Gasteiger partial charge in [0.2, 0.25) is 0 Å². The molecule has 8 heteroatoms. The Morgan fingerprint density at radius 2 is 1.91 bits per heavy atom. The number of cyclic esters (lactones) is 1. The molecule has 2 aliphatic heterocycles. The van der Waals surface area contributed by atoms with Crippen molar-refractivity contribution in [2.45, 2.75) is 31.9 Å². The minimum atomic E-state index is -0.718. The van der Waals surface area contributed by atoms with Gasteiger partial charge in [-0.2, -0.15) is 0 Å². The topological polar surface area (TPSA) is 114 Å². The summed E-state index contributed by atoms with van der Waals surface area (Å²) in [7, 11) is 0. The van der Waals surface area contributed by atoms with Crippen LogP contribution >= 0.6 is 0 Å². The molecule has 0 aromatic heterocycles. The predicted octanol–water partition coefficient (Wildman–Crippen LogP) is 0.786. The zero-order valence-corrected chi connectivity index (χ0v) is 12.6. The maximum Gasteiger partial charge on any atom is 0.329 e. The largest absolute Gasteiger partial charge is 0.458 e. The van der Waals surface area contributed by atoms with Gasteiger partial charge in [0.25, 0.3) is 11.8 Å². The van der Waals surface area contributed by atoms with Gasteiger partial charge in [0, 0.05) is 12.1 Å². The van der Waals surface area contributed by atoms with E-state index in [2.05, 4.69) is 16.0 Å². The molecule has 2 heterocycles. The molecule has 0 radical (unpaired) electrons. The lowest BCUT2D eigenvalue weighted by molar-refractivity contribution is -0.147. The van der Waals surface area contributed by atoms with Gasteiger partial charge in [-0.15, -0.1) is 0 Å². The van der Waals surface area contributed by atoms with Crippen molar-refractivity contribution in [1.82, 2.24) is 10.6 Å². The molecule has 3 rings (SSSR count). The van der Waals surface area contributed by atoms with Crippen LogP contribution in [0, 0.1) is 0 Å². The molecule has 0 bridgehead atoms. The molecule has 0 aliphatic carbocycles. The number of carbonyl (C=O) groups excluding carboxylic acids is 4. The maximum absolute atomic E-state index is 12.0. The molecule has 1 aromatic carbocycles. The Hall–Kier alpha value is -2.90. The molecule has 23 heavy (non-hydrogen) atoms. The highest BCUT2D eigenvalue weighted by atomic mass is 16.6. The Labute approximate surface area is 131 Å². The van der Waals surface area contributed by atoms with Gasteiger partial charge in [0.15, 0.2) is 0 Å². The standard InChI is InChI=1S/C15H15N3O5/c1-15(2)6-10(13(21)23-15)17-14(22)16-7-3-4-8-9(5-7)12(20)18-11(8)19/h3-5,10H,6H2,1-2H3,(H2,16,17,22)(H,18,19,20). The molecule has 8 nitrogen and oxygen atoms in total. The highest BCUT2D eigenvalue weighted by molar-refractivity contribution is 6.22. The second-order valence-electron chi connectivity index (χ2n) is 6.08. The van der Waals surface area contributed by atoms with E-state index >= 15 is 0 Å². The number of urea groups is 1. The Kier molecular flexibility index (Phi) is 3.32. The Morgan fingerprint density at radius 1 is 1.22 bits per heavy atom. The van der Waals surface area contributed by atoms with Crippen molar-refractivity contribution in [3.8, 4) is 0 Å². The average Bonchev–Trinajstić information content (AvgIpc) is 2.86. The van der Waals surface area contributed by atoms with Gasteiger partial charge in [0.1, 0.15) is 11.6 Å². The normalized spacial score (nSPS) is 21.5. The molecule has 0 spiro atoms. The van der Waals surface area contributed by atoms with E-state index in [0.29, 0.717) is 12.1 Å². The van der Waals surface area contributed by atoms with Crippen LogP contribution in [0.5, 0.6) is 0 Å². The number of amides is 4. The summed E-state index contributed by atoms with van der Waals surface area (Å²) in [6, 6.07) is 3.07. The number of hydrogen-bond acceptors (Lipinski definition) is 5. The number of fused-ring (bicyclic) bond motifs is 1. The van der Waals surface area contributed by atoms with E-state index in [1.165, 1.54) is 18.2 Å². The third-order valence-corrected chi connectivity index (χ3v) is 3.66. The molecule has 1 aromatic rings. The first-order valence-electron chi connectivity index (χ1n) is 7.05. The quantitative estimate of drug-likeness (QED) is 0.551. The van der Waals surface area contributed by atoms with E-state index in [9.17, 15) is 19.2 Å². The SMILES string of the molecule is CC1(C)CC(NC(=O)Nc2ccc3c(c2)C(=O)NC3=O)C(=O)O1. The summed E-state index contributed by atoms with van der Waals surface area (Å²) in [6.07, 6.45) is 0.375. The summed E-state index contributed by atoms with van der Waals surface area (Å²) >= 11 is 0. The molecule has 1 saturated heterocycles. The molecule has 2 aliphatic rings. The Morgan fingerprint density at radius 3 is 2.57 bits per heavy atom. The van der Waals surface area contributed by atoms with Crippen molar-refractivity contribution in [2.75, 3.05) is 5.32 Å². The van der Waals surface area contributed by atoms with Crippen LogP contribution in [0.2, 0.25) is 0 Å². The first-order chi connectivity index (χ1) is 10.7. The number of ether oxygens (including phenoxy) is 1. The Balaban J connectivity index is 1.67.